The number of nitrogens with one attached hydrogen (secondary N) is 1. The fourth-order valence-electron chi connectivity index (χ4n) is 2.31. The molecule has 7 heteroatoms. The number of benzene rings is 2. The molecule has 2 aromatic carbocycles. The second kappa shape index (κ2) is 8.54. The highest BCUT2D eigenvalue weighted by Gasteiger charge is 2.11. The molecule has 0 unspecified atom stereocenters. The van der Waals surface area contributed by atoms with E-state index < -0.39 is 0 Å². The summed E-state index contributed by atoms with van der Waals surface area (Å²) in [5, 5.41) is 6.39. The minimum atomic E-state index is -0.102. The van der Waals surface area contributed by atoms with Crippen molar-refractivity contribution >= 4 is 46.1 Å². The minimum absolute atomic E-state index is 0.102. The molecule has 134 valence electrons. The zero-order chi connectivity index (χ0) is 18.5. The first kappa shape index (κ1) is 18.7. The van der Waals surface area contributed by atoms with E-state index in [4.69, 9.17) is 27.9 Å². The summed E-state index contributed by atoms with van der Waals surface area (Å²) in [4.78, 5) is 16.6. The second-order valence-corrected chi connectivity index (χ2v) is 7.37. The lowest BCUT2D eigenvalue weighted by Gasteiger charge is -2.08. The van der Waals surface area contributed by atoms with Crippen LogP contribution in [0.2, 0.25) is 10.0 Å². The molecule has 4 nitrogen and oxygen atoms in total. The van der Waals surface area contributed by atoms with E-state index in [1.165, 1.54) is 11.3 Å². The van der Waals surface area contributed by atoms with Crippen molar-refractivity contribution in [3.05, 3.63) is 74.2 Å². The molecule has 0 aliphatic heterocycles. The number of rotatable bonds is 6. The molecule has 0 atom stereocenters. The van der Waals surface area contributed by atoms with E-state index in [2.05, 4.69) is 10.3 Å². The van der Waals surface area contributed by atoms with Crippen molar-refractivity contribution < 1.29 is 9.53 Å². The maximum Gasteiger partial charge on any atom is 0.231 e. The average molecular weight is 407 g/mol. The number of aromatic nitrogens is 1. The molecule has 0 saturated carbocycles. The molecular weight excluding hydrogens is 391 g/mol. The molecule has 0 aliphatic carbocycles. The maximum absolute atomic E-state index is 12.2. The average Bonchev–Trinajstić information content (AvgIpc) is 3.04. The van der Waals surface area contributed by atoms with Crippen LogP contribution in [0.4, 0.5) is 5.69 Å². The normalized spacial score (nSPS) is 10.6. The number of para-hydroxylation sites is 2. The number of hydrogen-bond donors (Lipinski definition) is 1. The van der Waals surface area contributed by atoms with E-state index in [9.17, 15) is 4.79 Å². The monoisotopic (exact) mass is 406 g/mol. The standard InChI is InChI=1S/C19H16Cl2N2O2S/c1-12-5-2-3-8-16(12)23-17(24)9-18-22-13(11-26-18)10-25-19-14(20)6-4-7-15(19)21/h2-8,11H,9-10H2,1H3,(H,23,24). The molecule has 0 spiro atoms. The lowest BCUT2D eigenvalue weighted by molar-refractivity contribution is -0.115. The molecule has 1 N–H and O–H groups in total. The summed E-state index contributed by atoms with van der Waals surface area (Å²) in [5.74, 6) is 0.331. The Morgan fingerprint density at radius 3 is 2.62 bits per heavy atom. The van der Waals surface area contributed by atoms with Gasteiger partial charge in [-0.25, -0.2) is 4.98 Å². The summed E-state index contributed by atoms with van der Waals surface area (Å²) in [6.07, 6.45) is 0.214. The first-order chi connectivity index (χ1) is 12.5. The lowest BCUT2D eigenvalue weighted by atomic mass is 10.2. The van der Waals surface area contributed by atoms with Gasteiger partial charge >= 0.3 is 0 Å². The molecule has 0 aliphatic rings. The highest BCUT2D eigenvalue weighted by Crippen LogP contribution is 2.33. The van der Waals surface area contributed by atoms with E-state index in [0.29, 0.717) is 15.8 Å². The molecule has 0 fully saturated rings. The topological polar surface area (TPSA) is 51.2 Å². The Bertz CT molecular complexity index is 907. The number of hydrogen-bond acceptors (Lipinski definition) is 4. The number of carbonyl (C=O) groups is 1. The van der Waals surface area contributed by atoms with Crippen LogP contribution in [0.3, 0.4) is 0 Å². The summed E-state index contributed by atoms with van der Waals surface area (Å²) in [6, 6.07) is 12.8. The summed E-state index contributed by atoms with van der Waals surface area (Å²) < 4.78 is 5.66. The van der Waals surface area contributed by atoms with Gasteiger partial charge in [0.1, 0.15) is 11.6 Å². The van der Waals surface area contributed by atoms with Crippen molar-refractivity contribution in [2.24, 2.45) is 0 Å². The van der Waals surface area contributed by atoms with Crippen molar-refractivity contribution in [2.75, 3.05) is 5.32 Å². The van der Waals surface area contributed by atoms with Crippen LogP contribution in [0.5, 0.6) is 5.75 Å². The van der Waals surface area contributed by atoms with Gasteiger partial charge in [0, 0.05) is 11.1 Å². The van der Waals surface area contributed by atoms with Gasteiger partial charge in [0.2, 0.25) is 5.91 Å². The number of nitrogens with zero attached hydrogens (tertiary/aromatic N) is 1. The van der Waals surface area contributed by atoms with Crippen LogP contribution >= 0.6 is 34.5 Å². The van der Waals surface area contributed by atoms with Crippen molar-refractivity contribution in [1.29, 1.82) is 0 Å². The molecule has 0 saturated heterocycles. The van der Waals surface area contributed by atoms with Crippen LogP contribution in [0, 0.1) is 6.92 Å². The van der Waals surface area contributed by atoms with Gasteiger partial charge in [0.25, 0.3) is 0 Å². The predicted molar refractivity (Wildman–Crippen MR) is 106 cm³/mol. The van der Waals surface area contributed by atoms with Gasteiger partial charge in [-0.1, -0.05) is 47.5 Å². The summed E-state index contributed by atoms with van der Waals surface area (Å²) in [6.45, 7) is 2.19. The molecule has 3 aromatic rings. The van der Waals surface area contributed by atoms with Crippen molar-refractivity contribution in [2.45, 2.75) is 20.0 Å². The first-order valence-electron chi connectivity index (χ1n) is 7.88. The van der Waals surface area contributed by atoms with Crippen LogP contribution in [0.1, 0.15) is 16.3 Å². The number of halogens is 2. The Labute approximate surface area is 165 Å². The number of aryl methyl sites for hydroxylation is 1. The molecular formula is C19H16Cl2N2O2S. The van der Waals surface area contributed by atoms with Crippen LogP contribution in [0.15, 0.2) is 47.8 Å². The highest BCUT2D eigenvalue weighted by molar-refractivity contribution is 7.09. The third-order valence-electron chi connectivity index (χ3n) is 3.61. The number of ether oxygens (including phenoxy) is 1. The molecule has 0 bridgehead atoms. The Morgan fingerprint density at radius 1 is 1.15 bits per heavy atom. The Kier molecular flexibility index (Phi) is 6.14. The van der Waals surface area contributed by atoms with Gasteiger partial charge in [-0.15, -0.1) is 11.3 Å². The first-order valence-corrected chi connectivity index (χ1v) is 9.52. The van der Waals surface area contributed by atoms with Gasteiger partial charge in [-0.3, -0.25) is 4.79 Å². The predicted octanol–water partition coefficient (Wildman–Crippen LogP) is 5.52. The SMILES string of the molecule is Cc1ccccc1NC(=O)Cc1nc(COc2c(Cl)cccc2Cl)cs1. The Balaban J connectivity index is 1.58. The van der Waals surface area contributed by atoms with Crippen molar-refractivity contribution in [3.8, 4) is 5.75 Å². The van der Waals surface area contributed by atoms with Gasteiger partial charge in [-0.05, 0) is 30.7 Å². The summed E-state index contributed by atoms with van der Waals surface area (Å²) >= 11 is 13.6. The maximum atomic E-state index is 12.2. The number of thiazole rings is 1. The minimum Gasteiger partial charge on any atom is -0.484 e. The molecule has 26 heavy (non-hydrogen) atoms. The Hall–Kier alpha value is -2.08. The van der Waals surface area contributed by atoms with Crippen molar-refractivity contribution in [3.63, 3.8) is 0 Å². The van der Waals surface area contributed by atoms with Gasteiger partial charge in [0.05, 0.1) is 22.2 Å². The van der Waals surface area contributed by atoms with Crippen molar-refractivity contribution in [1.82, 2.24) is 4.98 Å². The van der Waals surface area contributed by atoms with Crippen LogP contribution in [0.25, 0.3) is 0 Å². The third kappa shape index (κ3) is 4.75. The zero-order valence-corrected chi connectivity index (χ0v) is 16.3. The third-order valence-corrected chi connectivity index (χ3v) is 5.11. The smallest absolute Gasteiger partial charge is 0.231 e. The Morgan fingerprint density at radius 2 is 1.88 bits per heavy atom. The van der Waals surface area contributed by atoms with Crippen LogP contribution in [-0.2, 0) is 17.8 Å². The molecule has 1 amide bonds. The van der Waals surface area contributed by atoms with E-state index in [0.717, 1.165) is 22.0 Å². The highest BCUT2D eigenvalue weighted by atomic mass is 35.5. The van der Waals surface area contributed by atoms with E-state index in [1.807, 2.05) is 36.6 Å². The fourth-order valence-corrected chi connectivity index (χ4v) is 3.59. The largest absolute Gasteiger partial charge is 0.484 e. The lowest BCUT2D eigenvalue weighted by Crippen LogP contribution is -2.15. The van der Waals surface area contributed by atoms with Crippen LogP contribution < -0.4 is 10.1 Å². The zero-order valence-electron chi connectivity index (χ0n) is 14.0. The second-order valence-electron chi connectivity index (χ2n) is 5.61. The fraction of sp³-hybridized carbons (Fsp3) is 0.158. The van der Waals surface area contributed by atoms with Gasteiger partial charge in [-0.2, -0.15) is 0 Å². The number of carbonyl (C=O) groups excluding carboxylic acids is 1. The van der Waals surface area contributed by atoms with E-state index in [1.54, 1.807) is 18.2 Å². The van der Waals surface area contributed by atoms with Gasteiger partial charge in [0.15, 0.2) is 5.75 Å². The summed E-state index contributed by atoms with van der Waals surface area (Å²) in [5.41, 5.74) is 2.56. The summed E-state index contributed by atoms with van der Waals surface area (Å²) in [7, 11) is 0. The molecule has 1 heterocycles. The van der Waals surface area contributed by atoms with E-state index in [-0.39, 0.29) is 18.9 Å². The number of anilines is 1. The molecule has 3 rings (SSSR count). The molecule has 0 radical (unpaired) electrons. The van der Waals surface area contributed by atoms with Crippen LogP contribution in [-0.4, -0.2) is 10.9 Å². The number of amides is 1. The van der Waals surface area contributed by atoms with E-state index >= 15 is 0 Å². The quantitative estimate of drug-likeness (QED) is 0.586. The molecule has 1 aromatic heterocycles. The van der Waals surface area contributed by atoms with Gasteiger partial charge < -0.3 is 10.1 Å².